The van der Waals surface area contributed by atoms with Gasteiger partial charge in [-0.15, -0.1) is 0 Å². The number of H-pyrrole nitrogens is 1. The molecule has 1 fully saturated rings. The number of ether oxygens (including phenoxy) is 1. The van der Waals surface area contributed by atoms with Crippen LogP contribution in [0.3, 0.4) is 0 Å². The number of rotatable bonds is 7. The van der Waals surface area contributed by atoms with Crippen LogP contribution in [0.25, 0.3) is 17.0 Å². The van der Waals surface area contributed by atoms with Gasteiger partial charge in [-0.25, -0.2) is 4.79 Å². The van der Waals surface area contributed by atoms with Crippen LogP contribution in [-0.2, 0) is 17.8 Å². The lowest BCUT2D eigenvalue weighted by Gasteiger charge is -2.33. The fraction of sp³-hybridized carbons (Fsp3) is 0.429. The molecule has 1 saturated carbocycles. The van der Waals surface area contributed by atoms with Gasteiger partial charge in [-0.2, -0.15) is 0 Å². The first-order valence-electron chi connectivity index (χ1n) is 12.6. The monoisotopic (exact) mass is 505 g/mol. The van der Waals surface area contributed by atoms with E-state index in [0.717, 1.165) is 24.0 Å². The largest absolute Gasteiger partial charge is 0.444 e. The lowest BCUT2D eigenvalue weighted by atomic mass is 9.85. The van der Waals surface area contributed by atoms with Crippen LogP contribution in [0.15, 0.2) is 58.0 Å². The first-order valence-corrected chi connectivity index (χ1v) is 12.6. The highest BCUT2D eigenvalue weighted by Crippen LogP contribution is 2.28. The van der Waals surface area contributed by atoms with E-state index in [0.29, 0.717) is 24.4 Å². The molecule has 0 radical (unpaired) electrons. The third kappa shape index (κ3) is 6.47. The first-order chi connectivity index (χ1) is 17.5. The Morgan fingerprint density at radius 3 is 2.65 bits per heavy atom. The lowest BCUT2D eigenvalue weighted by molar-refractivity contribution is 0.0173. The highest BCUT2D eigenvalue weighted by atomic mass is 16.6. The number of carbonyl (C=O) groups is 1. The first kappa shape index (κ1) is 26.2. The highest BCUT2D eigenvalue weighted by molar-refractivity contribution is 5.79. The molecule has 1 aliphatic carbocycles. The van der Waals surface area contributed by atoms with Crippen molar-refractivity contribution in [3.05, 3.63) is 80.2 Å². The molecule has 0 aliphatic heterocycles. The summed E-state index contributed by atoms with van der Waals surface area (Å²) >= 11 is 0. The number of fused-ring (bicyclic) bond motifs is 1. The van der Waals surface area contributed by atoms with Crippen molar-refractivity contribution >= 4 is 23.1 Å². The van der Waals surface area contributed by atoms with E-state index in [-0.39, 0.29) is 29.1 Å². The summed E-state index contributed by atoms with van der Waals surface area (Å²) < 4.78 is 8.82. The van der Waals surface area contributed by atoms with Gasteiger partial charge in [-0.3, -0.25) is 15.0 Å². The molecule has 37 heavy (non-hydrogen) atoms. The molecule has 1 aliphatic rings. The Morgan fingerprint density at radius 1 is 1.22 bits per heavy atom. The molecule has 0 unspecified atom stereocenters. The van der Waals surface area contributed by atoms with Gasteiger partial charge in [0, 0.05) is 37.9 Å². The third-order valence-corrected chi connectivity index (χ3v) is 6.45. The van der Waals surface area contributed by atoms with Crippen molar-refractivity contribution in [1.29, 1.82) is 5.41 Å². The molecular weight excluding hydrogens is 470 g/mol. The van der Waals surface area contributed by atoms with Crippen molar-refractivity contribution < 1.29 is 9.53 Å². The zero-order valence-corrected chi connectivity index (χ0v) is 21.9. The van der Waals surface area contributed by atoms with Gasteiger partial charge in [0.05, 0.1) is 6.54 Å². The predicted octanol–water partition coefficient (Wildman–Crippen LogP) is 4.07. The van der Waals surface area contributed by atoms with Crippen LogP contribution >= 0.6 is 0 Å². The number of hydrogen-bond donors (Lipinski definition) is 2. The van der Waals surface area contributed by atoms with E-state index in [9.17, 15) is 14.4 Å². The number of nitrogens with one attached hydrogen (secondary N) is 2. The molecule has 3 aromatic heterocycles. The molecule has 4 rings (SSSR count). The van der Waals surface area contributed by atoms with E-state index in [4.69, 9.17) is 10.1 Å². The van der Waals surface area contributed by atoms with E-state index in [1.165, 1.54) is 17.2 Å². The minimum absolute atomic E-state index is 0.127. The number of pyridine rings is 3. The SMILES string of the molecule is C/C(=C\n1cc(CN(CC2CCC2)C(=O)OC(C)(C)C)ccc1=N)Cn1ccc2cc[nH]c(=O)c2c1=O. The average Bonchev–Trinajstić information content (AvgIpc) is 2.78. The Morgan fingerprint density at radius 2 is 1.97 bits per heavy atom. The Labute approximate surface area is 215 Å². The molecule has 196 valence electrons. The minimum atomic E-state index is -0.578. The molecule has 0 atom stereocenters. The van der Waals surface area contributed by atoms with Crippen LogP contribution in [-0.4, -0.2) is 37.3 Å². The predicted molar refractivity (Wildman–Crippen MR) is 143 cm³/mol. The van der Waals surface area contributed by atoms with E-state index >= 15 is 0 Å². The Kier molecular flexibility index (Phi) is 7.52. The third-order valence-electron chi connectivity index (χ3n) is 6.45. The van der Waals surface area contributed by atoms with Crippen LogP contribution in [0.4, 0.5) is 4.79 Å². The van der Waals surface area contributed by atoms with Crippen LogP contribution < -0.4 is 16.6 Å². The van der Waals surface area contributed by atoms with Crippen LogP contribution in [0.2, 0.25) is 0 Å². The molecule has 9 heteroatoms. The Bertz CT molecular complexity index is 1500. The molecule has 0 saturated heterocycles. The van der Waals surface area contributed by atoms with Crippen molar-refractivity contribution in [2.45, 2.75) is 65.6 Å². The maximum absolute atomic E-state index is 12.9. The number of nitrogens with zero attached hydrogens (tertiary/aromatic N) is 3. The van der Waals surface area contributed by atoms with Crippen LogP contribution in [0, 0.1) is 11.3 Å². The molecule has 1 amide bonds. The van der Waals surface area contributed by atoms with E-state index in [2.05, 4.69) is 4.98 Å². The molecule has 9 nitrogen and oxygen atoms in total. The van der Waals surface area contributed by atoms with Crippen molar-refractivity contribution in [2.24, 2.45) is 5.92 Å². The normalized spacial score (nSPS) is 14.4. The fourth-order valence-electron chi connectivity index (χ4n) is 4.41. The molecule has 3 heterocycles. The molecule has 0 aromatic carbocycles. The molecule has 3 aromatic rings. The van der Waals surface area contributed by atoms with Gasteiger partial charge < -0.3 is 23.8 Å². The number of hydrogen-bond acceptors (Lipinski definition) is 5. The van der Waals surface area contributed by atoms with Crippen molar-refractivity contribution in [1.82, 2.24) is 19.0 Å². The topological polar surface area (TPSA) is 113 Å². The van der Waals surface area contributed by atoms with E-state index in [1.807, 2.05) is 40.0 Å². The minimum Gasteiger partial charge on any atom is -0.444 e. The average molecular weight is 506 g/mol. The summed E-state index contributed by atoms with van der Waals surface area (Å²) in [7, 11) is 0. The summed E-state index contributed by atoms with van der Waals surface area (Å²) in [6.07, 6.45) is 9.91. The molecule has 0 spiro atoms. The second-order valence-corrected chi connectivity index (χ2v) is 10.8. The van der Waals surface area contributed by atoms with Gasteiger partial charge in [-0.1, -0.05) is 12.5 Å². The fourth-order valence-corrected chi connectivity index (χ4v) is 4.41. The quantitative estimate of drug-likeness (QED) is 0.504. The van der Waals surface area contributed by atoms with Crippen molar-refractivity contribution in [2.75, 3.05) is 6.54 Å². The molecule has 0 bridgehead atoms. The summed E-state index contributed by atoms with van der Waals surface area (Å²) in [6.45, 7) is 8.75. The number of amides is 1. The smallest absolute Gasteiger partial charge is 0.410 e. The lowest BCUT2D eigenvalue weighted by Crippen LogP contribution is -2.40. The zero-order valence-electron chi connectivity index (χ0n) is 21.9. The van der Waals surface area contributed by atoms with E-state index < -0.39 is 11.2 Å². The summed E-state index contributed by atoms with van der Waals surface area (Å²) in [5, 5.41) is 9.08. The van der Waals surface area contributed by atoms with Gasteiger partial charge in [0.15, 0.2) is 0 Å². The number of aromatic amines is 1. The van der Waals surface area contributed by atoms with Crippen LogP contribution in [0.5, 0.6) is 0 Å². The number of allylic oxidation sites excluding steroid dienone is 1. The number of carbonyl (C=O) groups excluding carboxylic acids is 1. The Balaban J connectivity index is 1.56. The standard InChI is InChI=1S/C28H35N5O4/c1-19(14-31-13-11-22-10-12-30-25(34)24(22)26(31)35)15-32-17-21(8-9-23(32)29)18-33(16-20-6-5-7-20)27(36)37-28(2,3)4/h8-13,15,17,20,29H,5-7,14,16,18H2,1-4H3,(H,30,34)/b19-15+,29-23?. The van der Waals surface area contributed by atoms with Gasteiger partial charge in [-0.05, 0) is 81.2 Å². The second kappa shape index (κ2) is 10.6. The van der Waals surface area contributed by atoms with Crippen molar-refractivity contribution in [3.8, 4) is 0 Å². The summed E-state index contributed by atoms with van der Waals surface area (Å²) in [5.74, 6) is 0.490. The van der Waals surface area contributed by atoms with Gasteiger partial charge in [0.2, 0.25) is 0 Å². The summed E-state index contributed by atoms with van der Waals surface area (Å²) in [6, 6.07) is 6.98. The zero-order chi connectivity index (χ0) is 26.7. The number of aromatic nitrogens is 3. The van der Waals surface area contributed by atoms with Gasteiger partial charge in [0.25, 0.3) is 11.1 Å². The van der Waals surface area contributed by atoms with E-state index in [1.54, 1.807) is 40.1 Å². The summed E-state index contributed by atoms with van der Waals surface area (Å²) in [5.41, 5.74) is 0.619. The summed E-state index contributed by atoms with van der Waals surface area (Å²) in [4.78, 5) is 42.3. The van der Waals surface area contributed by atoms with Crippen molar-refractivity contribution in [3.63, 3.8) is 0 Å². The molecule has 2 N–H and O–H groups in total. The van der Waals surface area contributed by atoms with Gasteiger partial charge >= 0.3 is 6.09 Å². The second-order valence-electron chi connectivity index (χ2n) is 10.8. The maximum atomic E-state index is 12.9. The highest BCUT2D eigenvalue weighted by Gasteiger charge is 2.27. The van der Waals surface area contributed by atoms with Crippen LogP contribution in [0.1, 0.15) is 52.5 Å². The molecular formula is C28H35N5O4. The van der Waals surface area contributed by atoms with Gasteiger partial charge in [0.1, 0.15) is 16.5 Å². The maximum Gasteiger partial charge on any atom is 0.410 e. The Hall–Kier alpha value is -3.88.